The third-order valence-electron chi connectivity index (χ3n) is 11.7. The van der Waals surface area contributed by atoms with Crippen LogP contribution in [0, 0.1) is 11.8 Å². The molecule has 0 unspecified atom stereocenters. The monoisotopic (exact) mass is 775 g/mol. The number of rotatable bonds is 11. The van der Waals surface area contributed by atoms with Gasteiger partial charge in [0.15, 0.2) is 5.58 Å². The van der Waals surface area contributed by atoms with E-state index in [1.54, 1.807) is 12.4 Å². The molecule has 57 heavy (non-hydrogen) atoms. The van der Waals surface area contributed by atoms with Gasteiger partial charge in [-0.2, -0.15) is 0 Å². The van der Waals surface area contributed by atoms with Gasteiger partial charge in [0.25, 0.3) is 0 Å². The number of aromatic nitrogens is 5. The van der Waals surface area contributed by atoms with E-state index in [0.29, 0.717) is 35.9 Å². The first-order valence-corrected chi connectivity index (χ1v) is 19.7. The lowest BCUT2D eigenvalue weighted by molar-refractivity contribution is -0.135. The van der Waals surface area contributed by atoms with Gasteiger partial charge in [-0.3, -0.25) is 9.59 Å². The van der Waals surface area contributed by atoms with Crippen molar-refractivity contribution >= 4 is 35.1 Å². The van der Waals surface area contributed by atoms with E-state index in [1.807, 2.05) is 52.3 Å². The van der Waals surface area contributed by atoms with Crippen LogP contribution in [0.15, 0.2) is 59.3 Å². The molecule has 296 valence electrons. The third kappa shape index (κ3) is 7.31. The summed E-state index contributed by atoms with van der Waals surface area (Å²) in [5.74, 6) is 1.99. The van der Waals surface area contributed by atoms with E-state index in [0.717, 1.165) is 85.3 Å². The molecule has 2 aromatic carbocycles. The van der Waals surface area contributed by atoms with E-state index >= 15 is 0 Å². The van der Waals surface area contributed by atoms with Crippen molar-refractivity contribution in [2.24, 2.45) is 11.8 Å². The number of fused-ring (bicyclic) bond motifs is 1. The SMILES string of the molecule is COC(=O)N[C@H](C(=O)N1CCC[C@H]1c1ncc(-c2ccc(-c3nc4cc(-c5cnc([C@@H]6CCCN6C(=O)[C@@H](NC(=O)OC)C6CC6)[nH]5)ccc4o3)cc2)[nH]1)C1CC1. The van der Waals surface area contributed by atoms with Crippen LogP contribution >= 0.6 is 0 Å². The standard InChI is InChI=1S/C41H45N9O7/c1-55-40(53)47-33(23-9-10-23)38(51)49-17-3-5-30(49)35-42-20-28(44-35)22-7-13-25(14-8-22)37-46-27-19-26(15-16-32(27)57-37)29-21-43-36(45-29)31-6-4-18-50(31)39(52)34(24-11-12-24)48-41(54)56-2/h7-8,13-16,19-21,23-24,30-31,33-34H,3-6,9-12,17-18H2,1-2H3,(H,42,44)(H,43,45)(H,47,53)(H,48,54)/t30-,31-,33-,34-/m0/s1. The van der Waals surface area contributed by atoms with Crippen molar-refractivity contribution in [2.45, 2.75) is 75.5 Å². The number of aromatic amines is 2. The van der Waals surface area contributed by atoms with Crippen LogP contribution in [0.2, 0.25) is 0 Å². The Labute approximate surface area is 328 Å². The number of oxazole rings is 1. The Bertz CT molecular complexity index is 2310. The maximum atomic E-state index is 13.6. The predicted molar refractivity (Wildman–Crippen MR) is 206 cm³/mol. The number of benzene rings is 2. The van der Waals surface area contributed by atoms with Gasteiger partial charge >= 0.3 is 12.2 Å². The molecule has 16 nitrogen and oxygen atoms in total. The summed E-state index contributed by atoms with van der Waals surface area (Å²) in [5, 5.41) is 5.50. The second kappa shape index (κ2) is 15.0. The van der Waals surface area contributed by atoms with Crippen LogP contribution in [-0.4, -0.2) is 98.1 Å². The van der Waals surface area contributed by atoms with Crippen molar-refractivity contribution in [1.29, 1.82) is 0 Å². The van der Waals surface area contributed by atoms with E-state index in [4.69, 9.17) is 18.9 Å². The van der Waals surface area contributed by atoms with E-state index < -0.39 is 24.3 Å². The highest BCUT2D eigenvalue weighted by Gasteiger charge is 2.44. The number of methoxy groups -OCH3 is 2. The topological polar surface area (TPSA) is 201 Å². The molecule has 2 saturated heterocycles. The van der Waals surface area contributed by atoms with Gasteiger partial charge < -0.3 is 44.3 Å². The number of amides is 4. The third-order valence-corrected chi connectivity index (χ3v) is 11.7. The number of nitrogens with one attached hydrogen (secondary N) is 4. The second-order valence-corrected chi connectivity index (χ2v) is 15.4. The molecule has 3 aromatic heterocycles. The minimum Gasteiger partial charge on any atom is -0.453 e. The molecule has 4 atom stereocenters. The quantitative estimate of drug-likeness (QED) is 0.126. The molecule has 2 aliphatic carbocycles. The highest BCUT2D eigenvalue weighted by Crippen LogP contribution is 2.39. The first kappa shape index (κ1) is 36.4. The summed E-state index contributed by atoms with van der Waals surface area (Å²) in [6.45, 7) is 1.21. The highest BCUT2D eigenvalue weighted by molar-refractivity contribution is 5.88. The van der Waals surface area contributed by atoms with Crippen molar-refractivity contribution in [3.05, 3.63) is 66.5 Å². The Morgan fingerprint density at radius 3 is 1.70 bits per heavy atom. The summed E-state index contributed by atoms with van der Waals surface area (Å²) in [4.78, 5) is 75.9. The van der Waals surface area contributed by atoms with Crippen LogP contribution in [0.5, 0.6) is 0 Å². The average molecular weight is 776 g/mol. The van der Waals surface area contributed by atoms with Crippen LogP contribution in [0.1, 0.15) is 75.1 Å². The molecular weight excluding hydrogens is 731 g/mol. The number of nitrogens with zero attached hydrogens (tertiary/aromatic N) is 5. The van der Waals surface area contributed by atoms with Crippen LogP contribution in [0.3, 0.4) is 0 Å². The zero-order valence-electron chi connectivity index (χ0n) is 31.8. The Balaban J connectivity index is 0.873. The number of likely N-dealkylation sites (tertiary alicyclic amines) is 2. The van der Waals surface area contributed by atoms with Gasteiger partial charge in [0, 0.05) is 24.2 Å². The molecule has 0 bridgehead atoms. The Hall–Kier alpha value is -6.19. The molecule has 4 amide bonds. The zero-order valence-corrected chi connectivity index (χ0v) is 31.8. The maximum Gasteiger partial charge on any atom is 0.407 e. The molecule has 0 radical (unpaired) electrons. The van der Waals surface area contributed by atoms with Gasteiger partial charge in [-0.15, -0.1) is 0 Å². The first-order valence-electron chi connectivity index (χ1n) is 19.7. The number of H-pyrrole nitrogens is 2. The molecule has 4 fully saturated rings. The number of ether oxygens (including phenoxy) is 2. The number of imidazole rings is 2. The van der Waals surface area contributed by atoms with Gasteiger partial charge in [-0.1, -0.05) is 12.1 Å². The van der Waals surface area contributed by atoms with Crippen LogP contribution < -0.4 is 10.6 Å². The van der Waals surface area contributed by atoms with E-state index in [2.05, 4.69) is 30.6 Å². The molecule has 9 rings (SSSR count). The zero-order chi connectivity index (χ0) is 39.2. The van der Waals surface area contributed by atoms with E-state index in [9.17, 15) is 19.2 Å². The molecule has 2 aliphatic heterocycles. The Morgan fingerprint density at radius 1 is 0.702 bits per heavy atom. The highest BCUT2D eigenvalue weighted by atomic mass is 16.5. The summed E-state index contributed by atoms with van der Waals surface area (Å²) in [5.41, 5.74) is 5.60. The normalized spacial score (nSPS) is 20.4. The van der Waals surface area contributed by atoms with Crippen molar-refractivity contribution < 1.29 is 33.1 Å². The predicted octanol–water partition coefficient (Wildman–Crippen LogP) is 5.87. The largest absolute Gasteiger partial charge is 0.453 e. The summed E-state index contributed by atoms with van der Waals surface area (Å²) < 4.78 is 15.7. The van der Waals surface area contributed by atoms with Crippen molar-refractivity contribution in [3.8, 4) is 34.0 Å². The van der Waals surface area contributed by atoms with Gasteiger partial charge in [-0.25, -0.2) is 24.5 Å². The van der Waals surface area contributed by atoms with Crippen molar-refractivity contribution in [1.82, 2.24) is 45.4 Å². The maximum absolute atomic E-state index is 13.6. The lowest BCUT2D eigenvalue weighted by Crippen LogP contribution is -2.49. The molecule has 4 N–H and O–H groups in total. The first-order chi connectivity index (χ1) is 27.8. The summed E-state index contributed by atoms with van der Waals surface area (Å²) in [6, 6.07) is 12.1. The van der Waals surface area contributed by atoms with Gasteiger partial charge in [0.1, 0.15) is 29.2 Å². The molecule has 4 aliphatic rings. The summed E-state index contributed by atoms with van der Waals surface area (Å²) in [6.07, 6.45) is 9.25. The summed E-state index contributed by atoms with van der Waals surface area (Å²) >= 11 is 0. The fourth-order valence-electron chi connectivity index (χ4n) is 8.30. The molecule has 5 aromatic rings. The number of hydrogen-bond donors (Lipinski definition) is 4. The molecule has 2 saturated carbocycles. The van der Waals surface area contributed by atoms with Gasteiger partial charge in [0.05, 0.1) is 50.1 Å². The van der Waals surface area contributed by atoms with E-state index in [-0.39, 0.29) is 35.7 Å². The smallest absolute Gasteiger partial charge is 0.407 e. The Kier molecular flexibility index (Phi) is 9.62. The van der Waals surface area contributed by atoms with E-state index in [1.165, 1.54) is 14.2 Å². The number of hydrogen-bond acceptors (Lipinski definition) is 10. The van der Waals surface area contributed by atoms with Crippen LogP contribution in [0.25, 0.3) is 45.1 Å². The van der Waals surface area contributed by atoms with Gasteiger partial charge in [0.2, 0.25) is 17.7 Å². The number of carbonyl (C=O) groups is 4. The minimum absolute atomic E-state index is 0.0919. The average Bonchev–Trinajstić information content (AvgIpc) is 3.82. The van der Waals surface area contributed by atoms with Crippen molar-refractivity contribution in [2.75, 3.05) is 27.3 Å². The lowest BCUT2D eigenvalue weighted by Gasteiger charge is -2.28. The fraction of sp³-hybridized carbons (Fsp3) is 0.439. The lowest BCUT2D eigenvalue weighted by atomic mass is 10.1. The molecule has 5 heterocycles. The second-order valence-electron chi connectivity index (χ2n) is 15.4. The molecule has 0 spiro atoms. The minimum atomic E-state index is -0.596. The van der Waals surface area contributed by atoms with Crippen LogP contribution in [0.4, 0.5) is 9.59 Å². The molecular formula is C41H45N9O7. The van der Waals surface area contributed by atoms with Crippen molar-refractivity contribution in [3.63, 3.8) is 0 Å². The fourth-order valence-corrected chi connectivity index (χ4v) is 8.30. The van der Waals surface area contributed by atoms with Crippen LogP contribution in [-0.2, 0) is 19.1 Å². The molecule has 16 heteroatoms. The Morgan fingerprint density at radius 2 is 1.19 bits per heavy atom. The number of alkyl carbamates (subject to hydrolysis) is 2. The van der Waals surface area contributed by atoms with Gasteiger partial charge in [-0.05, 0) is 99.1 Å². The summed E-state index contributed by atoms with van der Waals surface area (Å²) in [7, 11) is 2.61. The number of carbonyl (C=O) groups excluding carboxylic acids is 4.